The average molecular weight is 748 g/mol. The van der Waals surface area contributed by atoms with Crippen molar-refractivity contribution in [1.82, 2.24) is 19.6 Å². The van der Waals surface area contributed by atoms with E-state index in [1.54, 1.807) is 72.9 Å². The van der Waals surface area contributed by atoms with Gasteiger partial charge in [0.2, 0.25) is 23.6 Å². The molecule has 1 fully saturated rings. The predicted molar refractivity (Wildman–Crippen MR) is 211 cm³/mol. The summed E-state index contributed by atoms with van der Waals surface area (Å²) in [5.74, 6) is -2.06. The van der Waals surface area contributed by atoms with Crippen LogP contribution in [0.2, 0.25) is 0 Å². The minimum atomic E-state index is -1.22. The molecule has 0 bridgehead atoms. The summed E-state index contributed by atoms with van der Waals surface area (Å²) in [7, 11) is 8.76. The number of likely N-dealkylation sites (tertiary alicyclic amines) is 1. The van der Waals surface area contributed by atoms with Gasteiger partial charge in [0.1, 0.15) is 11.3 Å². The molecule has 0 radical (unpaired) electrons. The van der Waals surface area contributed by atoms with Gasteiger partial charge in [-0.2, -0.15) is 11.8 Å². The molecular formula is C40H69N5O6S. The topological polar surface area (TPSA) is 137 Å². The van der Waals surface area contributed by atoms with Gasteiger partial charge in [-0.3, -0.25) is 24.1 Å². The SMILES string of the molecule is CCC(C)C(C(CC(=O)N1CCCC1C(SC)C(C)C(=O)N(C)CCc1cccc(O)c1)OC)N(C)C(=O)C(C(C)C)C(C(N)=O)(C(C)C)N(C)C. The van der Waals surface area contributed by atoms with Gasteiger partial charge in [0.05, 0.1) is 24.5 Å². The van der Waals surface area contributed by atoms with E-state index in [0.717, 1.165) is 24.8 Å². The number of carbonyl (C=O) groups excluding carboxylic acids is 4. The lowest BCUT2D eigenvalue weighted by Gasteiger charge is -2.49. The third-order valence-corrected chi connectivity index (χ3v) is 12.9. The van der Waals surface area contributed by atoms with Crippen LogP contribution in [-0.4, -0.2) is 132 Å². The number of nitrogens with two attached hydrogens (primary N) is 1. The van der Waals surface area contributed by atoms with Crippen LogP contribution >= 0.6 is 11.8 Å². The number of benzene rings is 1. The minimum absolute atomic E-state index is 0.0118. The second-order valence-electron chi connectivity index (χ2n) is 15.7. The third kappa shape index (κ3) is 10.0. The Morgan fingerprint density at radius 1 is 1.06 bits per heavy atom. The number of methoxy groups -OCH3 is 1. The number of carbonyl (C=O) groups is 4. The summed E-state index contributed by atoms with van der Waals surface area (Å²) >= 11 is 1.62. The van der Waals surface area contributed by atoms with Gasteiger partial charge in [0, 0.05) is 51.5 Å². The summed E-state index contributed by atoms with van der Waals surface area (Å²) < 4.78 is 6.09. The highest BCUT2D eigenvalue weighted by atomic mass is 32.2. The van der Waals surface area contributed by atoms with Crippen molar-refractivity contribution in [2.45, 2.75) is 110 Å². The molecule has 0 spiro atoms. The molecule has 1 aliphatic rings. The summed E-state index contributed by atoms with van der Waals surface area (Å²) in [6.07, 6.45) is 4.51. The molecule has 0 saturated carbocycles. The van der Waals surface area contributed by atoms with Crippen LogP contribution in [0.3, 0.4) is 0 Å². The lowest BCUT2D eigenvalue weighted by Crippen LogP contribution is -2.68. The number of thioether (sulfide) groups is 1. The first kappa shape index (κ1) is 45.3. The molecule has 1 aliphatic heterocycles. The van der Waals surface area contributed by atoms with Crippen LogP contribution in [0.25, 0.3) is 0 Å². The number of ether oxygens (including phenoxy) is 1. The normalized spacial score (nSPS) is 19.5. The number of nitrogens with zero attached hydrogens (tertiary/aromatic N) is 4. The zero-order valence-electron chi connectivity index (χ0n) is 34.2. The number of amides is 4. The van der Waals surface area contributed by atoms with Crippen molar-refractivity contribution in [2.24, 2.45) is 35.3 Å². The van der Waals surface area contributed by atoms with Crippen molar-refractivity contribution in [2.75, 3.05) is 54.6 Å². The van der Waals surface area contributed by atoms with Gasteiger partial charge in [0.15, 0.2) is 0 Å². The molecule has 1 heterocycles. The monoisotopic (exact) mass is 747 g/mol. The van der Waals surface area contributed by atoms with E-state index in [9.17, 15) is 24.3 Å². The highest BCUT2D eigenvalue weighted by Crippen LogP contribution is 2.39. The molecular weight excluding hydrogens is 679 g/mol. The van der Waals surface area contributed by atoms with Crippen molar-refractivity contribution in [3.05, 3.63) is 29.8 Å². The molecule has 8 atom stereocenters. The molecule has 2 rings (SSSR count). The van der Waals surface area contributed by atoms with E-state index in [1.165, 1.54) is 0 Å². The van der Waals surface area contributed by atoms with Gasteiger partial charge in [-0.15, -0.1) is 0 Å². The minimum Gasteiger partial charge on any atom is -0.508 e. The fourth-order valence-corrected chi connectivity index (χ4v) is 9.90. The second kappa shape index (κ2) is 20.0. The maximum Gasteiger partial charge on any atom is 0.239 e. The zero-order chi connectivity index (χ0) is 39.7. The molecule has 0 aromatic heterocycles. The Labute approximate surface area is 318 Å². The van der Waals surface area contributed by atoms with Gasteiger partial charge in [-0.1, -0.05) is 67.0 Å². The lowest BCUT2D eigenvalue weighted by atomic mass is 9.68. The Bertz CT molecular complexity index is 1330. The molecule has 1 aromatic carbocycles. The number of phenols is 1. The molecule has 11 nitrogen and oxygen atoms in total. The van der Waals surface area contributed by atoms with Crippen molar-refractivity contribution >= 4 is 35.4 Å². The molecule has 0 aliphatic carbocycles. The molecule has 12 heteroatoms. The Morgan fingerprint density at radius 3 is 2.17 bits per heavy atom. The lowest BCUT2D eigenvalue weighted by molar-refractivity contribution is -0.159. The highest BCUT2D eigenvalue weighted by molar-refractivity contribution is 7.99. The van der Waals surface area contributed by atoms with Gasteiger partial charge in [-0.25, -0.2) is 0 Å². The Balaban J connectivity index is 2.34. The summed E-state index contributed by atoms with van der Waals surface area (Å²) in [6, 6.07) is 6.53. The number of rotatable bonds is 20. The Hall–Kier alpha value is -2.83. The average Bonchev–Trinajstić information content (AvgIpc) is 3.57. The first-order valence-corrected chi connectivity index (χ1v) is 20.2. The largest absolute Gasteiger partial charge is 0.508 e. The standard InChI is InChI=1S/C40H69N5O6S/c1-14-27(6)35(44(11)38(49)34(25(2)3)40(26(4)5,39(41)50)42(8)9)32(51-12)24-33(47)45-21-16-19-31(45)36(52-13)28(7)37(48)43(10)22-20-29-17-15-18-30(46)23-29/h15,17-18,23,25-28,31-32,34-36,46H,14,16,19-22,24H2,1-13H3,(H2,41,50). The van der Waals surface area contributed by atoms with Crippen molar-refractivity contribution < 1.29 is 29.0 Å². The smallest absolute Gasteiger partial charge is 0.239 e. The summed E-state index contributed by atoms with van der Waals surface area (Å²) in [6.45, 7) is 14.9. The summed E-state index contributed by atoms with van der Waals surface area (Å²) in [4.78, 5) is 63.1. The quantitative estimate of drug-likeness (QED) is 0.195. The maximum absolute atomic E-state index is 14.7. The van der Waals surface area contributed by atoms with Crippen LogP contribution in [-0.2, 0) is 30.3 Å². The molecule has 296 valence electrons. The first-order valence-electron chi connectivity index (χ1n) is 18.9. The van der Waals surface area contributed by atoms with E-state index in [-0.39, 0.29) is 64.9 Å². The number of primary amides is 1. The van der Waals surface area contributed by atoms with E-state index >= 15 is 0 Å². The number of likely N-dealkylation sites (N-methyl/N-ethyl adjacent to an activating group) is 3. The molecule has 52 heavy (non-hydrogen) atoms. The second-order valence-corrected chi connectivity index (χ2v) is 16.7. The van der Waals surface area contributed by atoms with E-state index in [0.29, 0.717) is 19.5 Å². The van der Waals surface area contributed by atoms with Crippen LogP contribution in [0.4, 0.5) is 0 Å². The van der Waals surface area contributed by atoms with Crippen LogP contribution in [0, 0.1) is 29.6 Å². The third-order valence-electron chi connectivity index (χ3n) is 11.7. The molecule has 1 aromatic rings. The molecule has 1 saturated heterocycles. The van der Waals surface area contributed by atoms with Crippen LogP contribution in [0.15, 0.2) is 24.3 Å². The van der Waals surface area contributed by atoms with Crippen molar-refractivity contribution in [3.63, 3.8) is 0 Å². The summed E-state index contributed by atoms with van der Waals surface area (Å²) in [5, 5.41) is 9.73. The van der Waals surface area contributed by atoms with Crippen molar-refractivity contribution in [3.8, 4) is 5.75 Å². The Morgan fingerprint density at radius 2 is 1.69 bits per heavy atom. The van der Waals surface area contributed by atoms with E-state index < -0.39 is 29.5 Å². The van der Waals surface area contributed by atoms with Gasteiger partial charge < -0.3 is 30.3 Å². The van der Waals surface area contributed by atoms with Crippen LogP contribution in [0.5, 0.6) is 5.75 Å². The fourth-order valence-electron chi connectivity index (χ4n) is 8.78. The first-order chi connectivity index (χ1) is 24.3. The fraction of sp³-hybridized carbons (Fsp3) is 0.750. The number of aromatic hydroxyl groups is 1. The zero-order valence-corrected chi connectivity index (χ0v) is 35.0. The van der Waals surface area contributed by atoms with Crippen molar-refractivity contribution in [1.29, 1.82) is 0 Å². The van der Waals surface area contributed by atoms with Gasteiger partial charge >= 0.3 is 0 Å². The number of hydrogen-bond donors (Lipinski definition) is 2. The van der Waals surface area contributed by atoms with E-state index in [1.807, 2.05) is 58.9 Å². The number of phenolic OH excluding ortho intramolecular Hbond substituents is 1. The molecule has 8 unspecified atom stereocenters. The van der Waals surface area contributed by atoms with Crippen LogP contribution in [0.1, 0.15) is 79.7 Å². The highest BCUT2D eigenvalue weighted by Gasteiger charge is 2.55. The van der Waals surface area contributed by atoms with Gasteiger partial charge in [0.25, 0.3) is 0 Å². The Kier molecular flexibility index (Phi) is 17.5. The van der Waals surface area contributed by atoms with E-state index in [2.05, 4.69) is 13.8 Å². The van der Waals surface area contributed by atoms with E-state index in [4.69, 9.17) is 10.5 Å². The van der Waals surface area contributed by atoms with Crippen LogP contribution < -0.4 is 5.73 Å². The maximum atomic E-state index is 14.7. The summed E-state index contributed by atoms with van der Waals surface area (Å²) in [5.41, 5.74) is 5.86. The molecule has 3 N–H and O–H groups in total. The molecule has 4 amide bonds. The van der Waals surface area contributed by atoms with Gasteiger partial charge in [-0.05, 0) is 75.1 Å². The number of hydrogen-bond acceptors (Lipinski definition) is 8. The predicted octanol–water partition coefficient (Wildman–Crippen LogP) is 4.74.